The first kappa shape index (κ1) is 14.0. The summed E-state index contributed by atoms with van der Waals surface area (Å²) in [6.07, 6.45) is 1.63. The first-order chi connectivity index (χ1) is 8.24. The molecule has 0 aliphatic carbocycles. The Balaban J connectivity index is 3.03. The molecule has 0 bridgehead atoms. The van der Waals surface area contributed by atoms with Gasteiger partial charge in [0.2, 0.25) is 0 Å². The van der Waals surface area contributed by atoms with E-state index in [1.165, 1.54) is 6.07 Å². The van der Waals surface area contributed by atoms with E-state index in [9.17, 15) is 9.90 Å². The SMILES string of the molecule is C=Cc1ccc(O)c(C(=C)C(=O)OC(C)(C)C)c1. The maximum Gasteiger partial charge on any atom is 0.338 e. The Hall–Kier alpha value is -2.03. The van der Waals surface area contributed by atoms with E-state index in [2.05, 4.69) is 13.2 Å². The summed E-state index contributed by atoms with van der Waals surface area (Å²) in [6, 6.07) is 4.85. The van der Waals surface area contributed by atoms with Gasteiger partial charge in [0.05, 0.1) is 5.57 Å². The van der Waals surface area contributed by atoms with E-state index in [0.29, 0.717) is 5.56 Å². The number of phenols is 1. The highest BCUT2D eigenvalue weighted by Crippen LogP contribution is 2.27. The second-order valence-corrected chi connectivity index (χ2v) is 4.96. The van der Waals surface area contributed by atoms with Crippen LogP contribution in [0.1, 0.15) is 31.9 Å². The number of phenolic OH excluding ortho intramolecular Hbond substituents is 1. The molecular weight excluding hydrogens is 228 g/mol. The standard InChI is InChI=1S/C15H18O3/c1-6-11-7-8-13(16)12(9-11)10(2)14(17)18-15(3,4)5/h6-9,16H,1-2H2,3-5H3. The van der Waals surface area contributed by atoms with Crippen LogP contribution in [-0.2, 0) is 9.53 Å². The van der Waals surface area contributed by atoms with Crippen LogP contribution in [-0.4, -0.2) is 16.7 Å². The predicted molar refractivity (Wildman–Crippen MR) is 73.1 cm³/mol. The molecule has 1 N–H and O–H groups in total. The monoisotopic (exact) mass is 246 g/mol. The van der Waals surface area contributed by atoms with Gasteiger partial charge in [-0.25, -0.2) is 4.79 Å². The molecule has 0 heterocycles. The van der Waals surface area contributed by atoms with Crippen LogP contribution in [0.2, 0.25) is 0 Å². The van der Waals surface area contributed by atoms with Gasteiger partial charge in [-0.1, -0.05) is 25.3 Å². The molecule has 0 atom stereocenters. The van der Waals surface area contributed by atoms with Crippen LogP contribution in [0.25, 0.3) is 11.6 Å². The molecule has 1 rings (SSSR count). The normalized spacial score (nSPS) is 10.8. The minimum atomic E-state index is -0.592. The molecule has 1 aromatic rings. The molecular formula is C15H18O3. The van der Waals surface area contributed by atoms with E-state index in [4.69, 9.17) is 4.74 Å². The Morgan fingerprint density at radius 2 is 2.00 bits per heavy atom. The van der Waals surface area contributed by atoms with Crippen LogP contribution < -0.4 is 0 Å². The lowest BCUT2D eigenvalue weighted by atomic mass is 10.0. The maximum atomic E-state index is 11.9. The van der Waals surface area contributed by atoms with Crippen molar-refractivity contribution in [3.05, 3.63) is 42.5 Å². The van der Waals surface area contributed by atoms with Crippen molar-refractivity contribution in [2.24, 2.45) is 0 Å². The van der Waals surface area contributed by atoms with Crippen LogP contribution in [0.5, 0.6) is 5.75 Å². The van der Waals surface area contributed by atoms with E-state index >= 15 is 0 Å². The third-order valence-electron chi connectivity index (χ3n) is 2.23. The quantitative estimate of drug-likeness (QED) is 0.657. The molecule has 0 aromatic heterocycles. The Bertz CT molecular complexity index is 493. The summed E-state index contributed by atoms with van der Waals surface area (Å²) in [5.74, 6) is -0.546. The molecule has 18 heavy (non-hydrogen) atoms. The van der Waals surface area contributed by atoms with E-state index in [0.717, 1.165) is 5.56 Å². The predicted octanol–water partition coefficient (Wildman–Crippen LogP) is 3.39. The highest BCUT2D eigenvalue weighted by atomic mass is 16.6. The maximum absolute atomic E-state index is 11.9. The molecule has 3 nitrogen and oxygen atoms in total. The third kappa shape index (κ3) is 3.48. The summed E-state index contributed by atoms with van der Waals surface area (Å²) < 4.78 is 5.21. The first-order valence-electron chi connectivity index (χ1n) is 5.62. The van der Waals surface area contributed by atoms with E-state index in [1.807, 2.05) is 0 Å². The summed E-state index contributed by atoms with van der Waals surface area (Å²) in [4.78, 5) is 11.9. The molecule has 0 spiro atoms. The fourth-order valence-electron chi connectivity index (χ4n) is 1.37. The number of carbonyl (C=O) groups excluding carboxylic acids is 1. The van der Waals surface area contributed by atoms with Crippen LogP contribution in [0.3, 0.4) is 0 Å². The van der Waals surface area contributed by atoms with Gasteiger partial charge in [0.15, 0.2) is 0 Å². The van der Waals surface area contributed by atoms with Crippen molar-refractivity contribution < 1.29 is 14.6 Å². The second kappa shape index (κ2) is 5.08. The zero-order chi connectivity index (χ0) is 13.9. The lowest BCUT2D eigenvalue weighted by Gasteiger charge is -2.20. The number of ether oxygens (including phenoxy) is 1. The number of aromatic hydroxyl groups is 1. The fourth-order valence-corrected chi connectivity index (χ4v) is 1.37. The molecule has 96 valence electrons. The Labute approximate surface area is 107 Å². The number of carbonyl (C=O) groups is 1. The molecule has 0 saturated heterocycles. The van der Waals surface area contributed by atoms with Gasteiger partial charge in [0.1, 0.15) is 11.4 Å². The lowest BCUT2D eigenvalue weighted by Crippen LogP contribution is -2.24. The Morgan fingerprint density at radius 3 is 2.50 bits per heavy atom. The van der Waals surface area contributed by atoms with Crippen molar-refractivity contribution >= 4 is 17.6 Å². The number of benzene rings is 1. The van der Waals surface area contributed by atoms with Gasteiger partial charge in [0, 0.05) is 5.56 Å². The zero-order valence-corrected chi connectivity index (χ0v) is 11.0. The zero-order valence-electron chi connectivity index (χ0n) is 11.0. The van der Waals surface area contributed by atoms with E-state index in [-0.39, 0.29) is 11.3 Å². The smallest absolute Gasteiger partial charge is 0.338 e. The molecule has 0 fully saturated rings. The lowest BCUT2D eigenvalue weighted by molar-refractivity contribution is -0.147. The molecule has 0 amide bonds. The summed E-state index contributed by atoms with van der Waals surface area (Å²) in [5.41, 5.74) is 0.700. The van der Waals surface area contributed by atoms with Crippen LogP contribution in [0.4, 0.5) is 0 Å². The topological polar surface area (TPSA) is 46.5 Å². The van der Waals surface area contributed by atoms with Crippen molar-refractivity contribution in [1.82, 2.24) is 0 Å². The molecule has 3 heteroatoms. The molecule has 0 unspecified atom stereocenters. The molecule has 0 aliphatic rings. The number of hydrogen-bond donors (Lipinski definition) is 1. The highest BCUT2D eigenvalue weighted by molar-refractivity contribution is 6.16. The summed E-state index contributed by atoms with van der Waals surface area (Å²) in [7, 11) is 0. The van der Waals surface area contributed by atoms with Gasteiger partial charge in [0.25, 0.3) is 0 Å². The average molecular weight is 246 g/mol. The molecule has 0 saturated carbocycles. The van der Waals surface area contributed by atoms with Crippen LogP contribution in [0, 0.1) is 0 Å². The summed E-state index contributed by atoms with van der Waals surface area (Å²) >= 11 is 0. The number of esters is 1. The van der Waals surface area contributed by atoms with Crippen molar-refractivity contribution in [3.63, 3.8) is 0 Å². The van der Waals surface area contributed by atoms with Gasteiger partial charge < -0.3 is 9.84 Å². The van der Waals surface area contributed by atoms with Crippen molar-refractivity contribution in [1.29, 1.82) is 0 Å². The Kier molecular flexibility index (Phi) is 3.96. The van der Waals surface area contributed by atoms with E-state index in [1.54, 1.807) is 39.0 Å². The van der Waals surface area contributed by atoms with Gasteiger partial charge in [-0.15, -0.1) is 0 Å². The molecule has 0 radical (unpaired) electrons. The molecule has 0 aliphatic heterocycles. The van der Waals surface area contributed by atoms with Crippen molar-refractivity contribution in [2.45, 2.75) is 26.4 Å². The van der Waals surface area contributed by atoms with Gasteiger partial charge in [-0.3, -0.25) is 0 Å². The molecule has 1 aromatic carbocycles. The van der Waals surface area contributed by atoms with Crippen molar-refractivity contribution in [3.8, 4) is 5.75 Å². The average Bonchev–Trinajstić information content (AvgIpc) is 2.26. The summed E-state index contributed by atoms with van der Waals surface area (Å²) in [5, 5.41) is 9.75. The Morgan fingerprint density at radius 1 is 1.39 bits per heavy atom. The fraction of sp³-hybridized carbons (Fsp3) is 0.267. The van der Waals surface area contributed by atoms with E-state index < -0.39 is 11.6 Å². The first-order valence-corrected chi connectivity index (χ1v) is 5.62. The highest BCUT2D eigenvalue weighted by Gasteiger charge is 2.21. The van der Waals surface area contributed by atoms with Gasteiger partial charge in [-0.05, 0) is 38.5 Å². The summed E-state index contributed by atoms with van der Waals surface area (Å²) in [6.45, 7) is 12.6. The minimum absolute atomic E-state index is 0.00328. The van der Waals surface area contributed by atoms with Gasteiger partial charge >= 0.3 is 5.97 Å². The second-order valence-electron chi connectivity index (χ2n) is 4.96. The van der Waals surface area contributed by atoms with Crippen LogP contribution >= 0.6 is 0 Å². The number of hydrogen-bond acceptors (Lipinski definition) is 3. The van der Waals surface area contributed by atoms with Gasteiger partial charge in [-0.2, -0.15) is 0 Å². The van der Waals surface area contributed by atoms with Crippen LogP contribution in [0.15, 0.2) is 31.4 Å². The minimum Gasteiger partial charge on any atom is -0.507 e. The third-order valence-corrected chi connectivity index (χ3v) is 2.23. The number of rotatable bonds is 3. The largest absolute Gasteiger partial charge is 0.507 e. The van der Waals surface area contributed by atoms with Crippen molar-refractivity contribution in [2.75, 3.05) is 0 Å².